The summed E-state index contributed by atoms with van der Waals surface area (Å²) in [4.78, 5) is 11.2. The quantitative estimate of drug-likeness (QED) is 0.0804. The zero-order chi connectivity index (χ0) is 41.0. The van der Waals surface area contributed by atoms with E-state index < -0.39 is 56.1 Å². The number of phenolic OH excluding ortho intramolecular Hbond substituents is 2. The molecule has 56 heavy (non-hydrogen) atoms. The molecule has 0 atom stereocenters. The predicted molar refractivity (Wildman–Crippen MR) is 206 cm³/mol. The van der Waals surface area contributed by atoms with Gasteiger partial charge in [-0.3, -0.25) is 9.11 Å². The average molecular weight is 843 g/mol. The fourth-order valence-corrected chi connectivity index (χ4v) is 9.21. The average Bonchev–Trinajstić information content (AvgIpc) is 3.06. The van der Waals surface area contributed by atoms with Gasteiger partial charge in [0, 0.05) is 45.7 Å². The topological polar surface area (TPSA) is 283 Å². The highest BCUT2D eigenvalue weighted by Gasteiger charge is 2.26. The van der Waals surface area contributed by atoms with Crippen molar-refractivity contribution in [2.24, 2.45) is 0 Å². The summed E-state index contributed by atoms with van der Waals surface area (Å²) in [5.74, 6) is -0.603. The summed E-state index contributed by atoms with van der Waals surface area (Å²) in [6.07, 6.45) is 0. The SMILES string of the molecule is Cc1cc(Nc2cc(O)c3cc(S(=O)(=O)O)ccc3c2)ccc1S(=O)(=O)NC(=O)NS(=O)(=O)c1ccc(Nc2cc(O)c3cc(S(=O)(=O)O)ccc3c2)cc1C. The molecule has 0 saturated heterocycles. The summed E-state index contributed by atoms with van der Waals surface area (Å²) in [6, 6.07) is 19.4. The van der Waals surface area contributed by atoms with E-state index in [1.807, 2.05) is 0 Å². The molecule has 17 nitrogen and oxygen atoms in total. The van der Waals surface area contributed by atoms with Crippen molar-refractivity contribution in [1.29, 1.82) is 0 Å². The molecule has 0 bridgehead atoms. The second kappa shape index (κ2) is 14.3. The number of fused-ring (bicyclic) bond motifs is 2. The van der Waals surface area contributed by atoms with E-state index in [4.69, 9.17) is 0 Å². The summed E-state index contributed by atoms with van der Waals surface area (Å²) in [6.45, 7) is 2.86. The van der Waals surface area contributed by atoms with Crippen LogP contribution in [0.4, 0.5) is 27.5 Å². The highest BCUT2D eigenvalue weighted by molar-refractivity contribution is 7.91. The molecular formula is C35H30N4O13S4. The lowest BCUT2D eigenvalue weighted by atomic mass is 10.1. The van der Waals surface area contributed by atoms with Crippen molar-refractivity contribution in [2.75, 3.05) is 10.6 Å². The first kappa shape index (κ1) is 39.7. The van der Waals surface area contributed by atoms with Crippen molar-refractivity contribution >= 4 is 90.6 Å². The zero-order valence-corrected chi connectivity index (χ0v) is 32.1. The number of amides is 2. The molecule has 292 valence electrons. The van der Waals surface area contributed by atoms with E-state index in [1.54, 1.807) is 21.6 Å². The summed E-state index contributed by atoms with van der Waals surface area (Å²) >= 11 is 0. The van der Waals surface area contributed by atoms with E-state index in [1.165, 1.54) is 74.5 Å². The van der Waals surface area contributed by atoms with Crippen LogP contribution in [0.15, 0.2) is 117 Å². The van der Waals surface area contributed by atoms with E-state index in [0.29, 0.717) is 33.5 Å². The Morgan fingerprint density at radius 2 is 0.857 bits per heavy atom. The van der Waals surface area contributed by atoms with E-state index in [0.717, 1.165) is 24.3 Å². The second-order valence-corrected chi connectivity index (χ2v) is 18.6. The van der Waals surface area contributed by atoms with E-state index in [-0.39, 0.29) is 43.2 Å². The molecule has 0 aromatic heterocycles. The van der Waals surface area contributed by atoms with E-state index in [9.17, 15) is 57.8 Å². The van der Waals surface area contributed by atoms with Gasteiger partial charge in [0.2, 0.25) is 0 Å². The number of nitrogens with one attached hydrogen (secondary N) is 4. The first-order valence-electron chi connectivity index (χ1n) is 15.8. The number of hydrogen-bond acceptors (Lipinski definition) is 13. The molecule has 0 aliphatic rings. The predicted octanol–water partition coefficient (Wildman–Crippen LogP) is 5.38. The lowest BCUT2D eigenvalue weighted by Gasteiger charge is -2.15. The third-order valence-corrected chi connectivity index (χ3v) is 13.0. The third kappa shape index (κ3) is 8.46. The number of aromatic hydroxyl groups is 2. The minimum absolute atomic E-state index is 0.155. The number of sulfonamides is 2. The van der Waals surface area contributed by atoms with Gasteiger partial charge in [0.25, 0.3) is 40.3 Å². The van der Waals surface area contributed by atoms with Crippen molar-refractivity contribution in [3.8, 4) is 11.5 Å². The van der Waals surface area contributed by atoms with Gasteiger partial charge in [-0.05, 0) is 109 Å². The third-order valence-electron chi connectivity index (χ3n) is 8.36. The van der Waals surface area contributed by atoms with Crippen LogP contribution in [-0.2, 0) is 40.3 Å². The molecule has 6 aromatic carbocycles. The molecule has 6 rings (SSSR count). The normalized spacial score (nSPS) is 12.4. The van der Waals surface area contributed by atoms with Gasteiger partial charge in [0.1, 0.15) is 11.5 Å². The Morgan fingerprint density at radius 3 is 1.20 bits per heavy atom. The smallest absolute Gasteiger partial charge is 0.342 e. The Kier molecular flexibility index (Phi) is 10.1. The Bertz CT molecular complexity index is 2880. The number of carbonyl (C=O) groups excluding carboxylic acids is 1. The molecule has 6 aromatic rings. The molecule has 0 spiro atoms. The molecule has 2 amide bonds. The van der Waals surface area contributed by atoms with Gasteiger partial charge in [0.15, 0.2) is 0 Å². The molecule has 0 aliphatic heterocycles. The molecule has 0 radical (unpaired) electrons. The maximum absolute atomic E-state index is 13.2. The zero-order valence-electron chi connectivity index (χ0n) is 28.8. The summed E-state index contributed by atoms with van der Waals surface area (Å²) in [5.41, 5.74) is 1.73. The molecule has 0 fully saturated rings. The summed E-state index contributed by atoms with van der Waals surface area (Å²) in [7, 11) is -18.2. The molecule has 0 saturated carbocycles. The summed E-state index contributed by atoms with van der Waals surface area (Å²) in [5, 5.41) is 28.1. The number of urea groups is 1. The number of hydrogen-bond donors (Lipinski definition) is 8. The van der Waals surface area contributed by atoms with Crippen molar-refractivity contribution in [1.82, 2.24) is 9.44 Å². The van der Waals surface area contributed by atoms with Gasteiger partial charge in [-0.2, -0.15) is 16.8 Å². The molecule has 21 heteroatoms. The van der Waals surface area contributed by atoms with Crippen LogP contribution < -0.4 is 20.1 Å². The maximum Gasteiger partial charge on any atom is 0.342 e. The Morgan fingerprint density at radius 1 is 0.482 bits per heavy atom. The minimum atomic E-state index is -4.60. The lowest BCUT2D eigenvalue weighted by molar-refractivity contribution is 0.250. The van der Waals surface area contributed by atoms with Crippen LogP contribution >= 0.6 is 0 Å². The number of rotatable bonds is 10. The molecular weight excluding hydrogens is 813 g/mol. The van der Waals surface area contributed by atoms with Crippen molar-refractivity contribution in [2.45, 2.75) is 33.4 Å². The Balaban J connectivity index is 1.13. The van der Waals surface area contributed by atoms with Crippen LogP contribution in [0.1, 0.15) is 11.1 Å². The fraction of sp³-hybridized carbons (Fsp3) is 0.0571. The number of carbonyl (C=O) groups is 1. The number of benzene rings is 6. The van der Waals surface area contributed by atoms with Crippen molar-refractivity contribution in [3.05, 3.63) is 108 Å². The van der Waals surface area contributed by atoms with Crippen molar-refractivity contribution in [3.63, 3.8) is 0 Å². The first-order chi connectivity index (χ1) is 26.0. The van der Waals surface area contributed by atoms with Crippen LogP contribution in [0.25, 0.3) is 21.5 Å². The highest BCUT2D eigenvalue weighted by atomic mass is 32.2. The largest absolute Gasteiger partial charge is 0.507 e. The van der Waals surface area contributed by atoms with Crippen LogP contribution in [-0.4, -0.2) is 59.0 Å². The number of phenols is 2. The van der Waals surface area contributed by atoms with Gasteiger partial charge in [-0.25, -0.2) is 31.1 Å². The molecule has 0 aliphatic carbocycles. The highest BCUT2D eigenvalue weighted by Crippen LogP contribution is 2.34. The monoisotopic (exact) mass is 842 g/mol. The number of anilines is 4. The van der Waals surface area contributed by atoms with Gasteiger partial charge in [0.05, 0.1) is 19.6 Å². The van der Waals surface area contributed by atoms with E-state index in [2.05, 4.69) is 10.6 Å². The number of aryl methyl sites for hydroxylation is 2. The maximum atomic E-state index is 13.2. The van der Waals surface area contributed by atoms with Crippen molar-refractivity contribution < 1.29 is 57.8 Å². The fourth-order valence-electron chi connectivity index (χ4n) is 5.87. The first-order valence-corrected chi connectivity index (χ1v) is 21.7. The second-order valence-electron chi connectivity index (χ2n) is 12.5. The van der Waals surface area contributed by atoms with Gasteiger partial charge < -0.3 is 20.8 Å². The van der Waals surface area contributed by atoms with Gasteiger partial charge in [-0.15, -0.1) is 0 Å². The van der Waals surface area contributed by atoms with Crippen LogP contribution in [0.5, 0.6) is 11.5 Å². The van der Waals surface area contributed by atoms with Crippen LogP contribution in [0.3, 0.4) is 0 Å². The summed E-state index contributed by atoms with van der Waals surface area (Å²) < 4.78 is 120. The minimum Gasteiger partial charge on any atom is -0.507 e. The molecule has 0 unspecified atom stereocenters. The molecule has 0 heterocycles. The standard InChI is InChI=1S/C35H30N4O13S4/c1-19-11-23(36-25-13-21-3-7-27(55(47,48)49)17-29(21)31(40)15-25)5-9-33(19)53(43,44)38-35(42)39-54(45,46)34-10-6-24(12-20(34)2)37-26-14-22-4-8-28(56(50,51)52)18-30(22)32(41)16-26/h3-18,36-37,40-41H,1-2H3,(H2,38,39,42)(H,47,48,49)(H,50,51,52). The lowest BCUT2D eigenvalue weighted by Crippen LogP contribution is -2.42. The van der Waals surface area contributed by atoms with E-state index >= 15 is 0 Å². The Hall–Kier alpha value is -5.97. The Labute approximate surface area is 320 Å². The molecule has 8 N–H and O–H groups in total. The van der Waals surface area contributed by atoms with Gasteiger partial charge in [-0.1, -0.05) is 12.1 Å². The van der Waals surface area contributed by atoms with Crippen LogP contribution in [0.2, 0.25) is 0 Å². The van der Waals surface area contributed by atoms with Gasteiger partial charge >= 0.3 is 6.03 Å². The van der Waals surface area contributed by atoms with Crippen LogP contribution in [0, 0.1) is 13.8 Å².